The lowest BCUT2D eigenvalue weighted by Gasteiger charge is -2.15. The van der Waals surface area contributed by atoms with Crippen LogP contribution in [0.15, 0.2) is 72.8 Å². The molecule has 0 saturated carbocycles. The van der Waals surface area contributed by atoms with Crippen LogP contribution in [0.1, 0.15) is 66.2 Å². The van der Waals surface area contributed by atoms with Crippen molar-refractivity contribution in [2.75, 3.05) is 6.61 Å². The van der Waals surface area contributed by atoms with E-state index in [1.54, 1.807) is 0 Å². The van der Waals surface area contributed by atoms with Crippen molar-refractivity contribution in [3.63, 3.8) is 0 Å². The van der Waals surface area contributed by atoms with Gasteiger partial charge in [0, 0.05) is 0 Å². The maximum Gasteiger partial charge on any atom is 0.143 e. The van der Waals surface area contributed by atoms with E-state index in [0.717, 1.165) is 54.4 Å². The van der Waals surface area contributed by atoms with Gasteiger partial charge in [-0.2, -0.15) is 0 Å². The Morgan fingerprint density at radius 3 is 1.50 bits per heavy atom. The summed E-state index contributed by atoms with van der Waals surface area (Å²) in [6.45, 7) is 5.27. The first-order chi connectivity index (χ1) is 15.7. The number of aryl methyl sites for hydroxylation is 2. The van der Waals surface area contributed by atoms with Crippen molar-refractivity contribution in [3.8, 4) is 0 Å². The summed E-state index contributed by atoms with van der Waals surface area (Å²) in [5.41, 5.74) is 6.72. The van der Waals surface area contributed by atoms with E-state index in [1.807, 2.05) is 36.4 Å². The number of rotatable bonds is 13. The van der Waals surface area contributed by atoms with Gasteiger partial charge in [-0.3, -0.25) is 5.26 Å². The zero-order valence-electron chi connectivity index (χ0n) is 19.1. The fraction of sp³-hybridized carbons (Fsp3) is 0.357. The Kier molecular flexibility index (Phi) is 9.92. The van der Waals surface area contributed by atoms with Crippen LogP contribution in [0, 0.1) is 0 Å². The summed E-state index contributed by atoms with van der Waals surface area (Å²) < 4.78 is 0. The Morgan fingerprint density at radius 1 is 0.594 bits per heavy atom. The standard InChI is InChI=1S/C28H34O4/c1-3-5-22-7-9-25(10-8-22)21-31-30-20-19-24-13-17-27(18-14-24)28(32-29)26-15-11-23(6-4-2)12-16-26/h7-18,28-29H,3-6,19-21H2,1-2H3. The molecule has 0 saturated heterocycles. The number of hydrogen-bond donors (Lipinski definition) is 1. The van der Waals surface area contributed by atoms with Crippen molar-refractivity contribution in [2.24, 2.45) is 0 Å². The topological polar surface area (TPSA) is 47.9 Å². The van der Waals surface area contributed by atoms with E-state index in [4.69, 9.17) is 14.7 Å². The van der Waals surface area contributed by atoms with Crippen LogP contribution in [-0.2, 0) is 40.5 Å². The predicted molar refractivity (Wildman–Crippen MR) is 127 cm³/mol. The second-order valence-electron chi connectivity index (χ2n) is 8.12. The molecular weight excluding hydrogens is 400 g/mol. The summed E-state index contributed by atoms with van der Waals surface area (Å²) in [6.07, 6.45) is 4.67. The average molecular weight is 435 g/mol. The maximum atomic E-state index is 9.47. The zero-order chi connectivity index (χ0) is 22.6. The molecular formula is C28H34O4. The first-order valence-electron chi connectivity index (χ1n) is 11.5. The van der Waals surface area contributed by atoms with Gasteiger partial charge in [-0.25, -0.2) is 14.7 Å². The molecule has 170 valence electrons. The van der Waals surface area contributed by atoms with Crippen molar-refractivity contribution in [1.29, 1.82) is 0 Å². The van der Waals surface area contributed by atoms with Crippen molar-refractivity contribution in [1.82, 2.24) is 0 Å². The molecule has 1 unspecified atom stereocenters. The van der Waals surface area contributed by atoms with Gasteiger partial charge < -0.3 is 0 Å². The van der Waals surface area contributed by atoms with Crippen molar-refractivity contribution >= 4 is 0 Å². The van der Waals surface area contributed by atoms with Gasteiger partial charge in [0.1, 0.15) is 12.7 Å². The average Bonchev–Trinajstić information content (AvgIpc) is 2.83. The number of hydrogen-bond acceptors (Lipinski definition) is 4. The minimum absolute atomic E-state index is 0.442. The van der Waals surface area contributed by atoms with E-state index in [9.17, 15) is 5.26 Å². The predicted octanol–water partition coefficient (Wildman–Crippen LogP) is 6.86. The monoisotopic (exact) mass is 434 g/mol. The highest BCUT2D eigenvalue weighted by atomic mass is 17.2. The number of benzene rings is 3. The van der Waals surface area contributed by atoms with E-state index in [1.165, 1.54) is 11.1 Å². The third-order valence-corrected chi connectivity index (χ3v) is 5.55. The van der Waals surface area contributed by atoms with Crippen LogP contribution >= 0.6 is 0 Å². The zero-order valence-corrected chi connectivity index (χ0v) is 19.1. The van der Waals surface area contributed by atoms with E-state index in [2.05, 4.69) is 50.2 Å². The van der Waals surface area contributed by atoms with Crippen molar-refractivity contribution in [3.05, 3.63) is 106 Å². The lowest BCUT2D eigenvalue weighted by molar-refractivity contribution is -0.303. The van der Waals surface area contributed by atoms with Crippen molar-refractivity contribution < 1.29 is 19.9 Å². The SMILES string of the molecule is CCCc1ccc(COOCCc2ccc(C(OO)c3ccc(CCC)cc3)cc2)cc1. The molecule has 32 heavy (non-hydrogen) atoms. The van der Waals surface area contributed by atoms with E-state index < -0.39 is 6.10 Å². The summed E-state index contributed by atoms with van der Waals surface area (Å²) in [4.78, 5) is 15.5. The highest BCUT2D eigenvalue weighted by molar-refractivity contribution is 5.34. The third kappa shape index (κ3) is 7.28. The first kappa shape index (κ1) is 24.1. The second-order valence-corrected chi connectivity index (χ2v) is 8.12. The summed E-state index contributed by atoms with van der Waals surface area (Å²) in [5, 5.41) is 9.47. The largest absolute Gasteiger partial charge is 0.251 e. The Morgan fingerprint density at radius 2 is 1.03 bits per heavy atom. The van der Waals surface area contributed by atoms with Crippen LogP contribution in [-0.4, -0.2) is 11.9 Å². The van der Waals surface area contributed by atoms with Crippen LogP contribution in [0.3, 0.4) is 0 Å². The highest BCUT2D eigenvalue weighted by Crippen LogP contribution is 2.26. The molecule has 3 aromatic carbocycles. The Bertz CT molecular complexity index is 902. The van der Waals surface area contributed by atoms with Crippen LogP contribution in [0.25, 0.3) is 0 Å². The Labute approximate surface area is 191 Å². The van der Waals surface area contributed by atoms with Gasteiger partial charge in [0.25, 0.3) is 0 Å². The molecule has 1 atom stereocenters. The maximum absolute atomic E-state index is 9.47. The fourth-order valence-corrected chi connectivity index (χ4v) is 3.74. The smallest absolute Gasteiger partial charge is 0.143 e. The van der Waals surface area contributed by atoms with Gasteiger partial charge in [-0.15, -0.1) is 0 Å². The van der Waals surface area contributed by atoms with Gasteiger partial charge in [0.15, 0.2) is 0 Å². The summed E-state index contributed by atoms with van der Waals surface area (Å²) >= 11 is 0. The van der Waals surface area contributed by atoms with Crippen LogP contribution in [0.5, 0.6) is 0 Å². The molecule has 0 bridgehead atoms. The van der Waals surface area contributed by atoms with Gasteiger partial charge in [0.2, 0.25) is 0 Å². The van der Waals surface area contributed by atoms with Gasteiger partial charge in [0.05, 0.1) is 6.61 Å². The van der Waals surface area contributed by atoms with E-state index in [0.29, 0.717) is 13.2 Å². The van der Waals surface area contributed by atoms with Gasteiger partial charge >= 0.3 is 0 Å². The molecule has 0 amide bonds. The molecule has 0 heterocycles. The molecule has 0 aromatic heterocycles. The molecule has 0 aliphatic carbocycles. The second kappa shape index (κ2) is 13.1. The van der Waals surface area contributed by atoms with Gasteiger partial charge in [-0.1, -0.05) is 99.5 Å². The van der Waals surface area contributed by atoms with E-state index >= 15 is 0 Å². The Balaban J connectivity index is 1.44. The lowest BCUT2D eigenvalue weighted by Crippen LogP contribution is -2.05. The quantitative estimate of drug-likeness (QED) is 0.181. The molecule has 4 heteroatoms. The fourth-order valence-electron chi connectivity index (χ4n) is 3.74. The molecule has 4 nitrogen and oxygen atoms in total. The normalized spacial score (nSPS) is 12.1. The summed E-state index contributed by atoms with van der Waals surface area (Å²) in [5.74, 6) is 0. The van der Waals surface area contributed by atoms with Gasteiger partial charge in [-0.05, 0) is 52.6 Å². The molecule has 3 aromatic rings. The molecule has 0 aliphatic heterocycles. The van der Waals surface area contributed by atoms with Crippen LogP contribution in [0.2, 0.25) is 0 Å². The molecule has 1 N–H and O–H groups in total. The van der Waals surface area contributed by atoms with E-state index in [-0.39, 0.29) is 0 Å². The minimum atomic E-state index is -0.497. The molecule has 0 radical (unpaired) electrons. The van der Waals surface area contributed by atoms with Crippen LogP contribution < -0.4 is 0 Å². The molecule has 0 spiro atoms. The van der Waals surface area contributed by atoms with Crippen molar-refractivity contribution in [2.45, 2.75) is 58.7 Å². The Hall–Kier alpha value is -2.50. The molecule has 0 fully saturated rings. The summed E-state index contributed by atoms with van der Waals surface area (Å²) in [7, 11) is 0. The molecule has 3 rings (SSSR count). The third-order valence-electron chi connectivity index (χ3n) is 5.55. The van der Waals surface area contributed by atoms with Crippen LogP contribution in [0.4, 0.5) is 0 Å². The minimum Gasteiger partial charge on any atom is -0.251 e. The summed E-state index contributed by atoms with van der Waals surface area (Å²) in [6, 6.07) is 24.7. The molecule has 0 aliphatic rings. The highest BCUT2D eigenvalue weighted by Gasteiger charge is 2.15. The first-order valence-corrected chi connectivity index (χ1v) is 11.5. The lowest BCUT2D eigenvalue weighted by atomic mass is 9.98.